The quantitative estimate of drug-likeness (QED) is 0.0296. The summed E-state index contributed by atoms with van der Waals surface area (Å²) in [7, 11) is -8.46. The molecule has 4 aromatic rings. The van der Waals surface area contributed by atoms with Crippen molar-refractivity contribution in [3.63, 3.8) is 0 Å². The summed E-state index contributed by atoms with van der Waals surface area (Å²) >= 11 is 0. The van der Waals surface area contributed by atoms with Gasteiger partial charge in [-0.25, -0.2) is 4.79 Å². The summed E-state index contributed by atoms with van der Waals surface area (Å²) in [4.78, 5) is 9.38. The first-order chi connectivity index (χ1) is 21.7. The van der Waals surface area contributed by atoms with Gasteiger partial charge in [0.05, 0.1) is 16.3 Å². The van der Waals surface area contributed by atoms with E-state index >= 15 is 0 Å². The molecule has 0 spiro atoms. The molecule has 47 heavy (non-hydrogen) atoms. The van der Waals surface area contributed by atoms with Crippen molar-refractivity contribution in [2.75, 3.05) is 12.4 Å². The van der Waals surface area contributed by atoms with Crippen LogP contribution in [0.25, 0.3) is 5.43 Å². The van der Waals surface area contributed by atoms with Crippen molar-refractivity contribution >= 4 is 60.5 Å². The number of amidine groups is 1. The van der Waals surface area contributed by atoms with Gasteiger partial charge in [0.1, 0.15) is 10.6 Å². The maximum atomic E-state index is 11.8. The number of aryl methyl sites for hydroxylation is 1. The van der Waals surface area contributed by atoms with Crippen LogP contribution in [0.3, 0.4) is 0 Å². The molecule has 0 aromatic heterocycles. The number of carboxylic acid groups (broad SMARTS) is 1. The first-order valence-corrected chi connectivity index (χ1v) is 15.7. The van der Waals surface area contributed by atoms with E-state index in [2.05, 4.69) is 36.3 Å². The fraction of sp³-hybridized carbons (Fsp3) is 0.0714. The van der Waals surface area contributed by atoms with Crippen molar-refractivity contribution in [3.05, 3.63) is 101 Å². The summed E-state index contributed by atoms with van der Waals surface area (Å²) in [5.41, 5.74) is 5.56. The number of aromatic hydroxyl groups is 1. The summed E-state index contributed by atoms with van der Waals surface area (Å²) in [6.07, 6.45) is 0. The largest absolute Gasteiger partial charge is 1.00 e. The van der Waals surface area contributed by atoms with Crippen LogP contribution >= 0.6 is 0 Å². The van der Waals surface area contributed by atoms with Crippen LogP contribution in [0.5, 0.6) is 5.75 Å². The van der Waals surface area contributed by atoms with Crippen molar-refractivity contribution in [1.29, 1.82) is 0 Å². The number of hydrogen-bond donors (Lipinski definition) is 5. The van der Waals surface area contributed by atoms with Crippen molar-refractivity contribution in [2.24, 2.45) is 25.6 Å². The molecule has 0 amide bonds. The zero-order valence-corrected chi connectivity index (χ0v) is 26.7. The first-order valence-electron chi connectivity index (χ1n) is 12.8. The molecule has 4 aromatic carbocycles. The molecule has 0 aliphatic carbocycles. The molecule has 0 aliphatic heterocycles. The Bertz CT molecular complexity index is 2120. The average molecular weight is 730 g/mol. The molecule has 0 atom stereocenters. The second-order valence-corrected chi connectivity index (χ2v) is 12.1. The van der Waals surface area contributed by atoms with Crippen LogP contribution in [-0.4, -0.2) is 55.0 Å². The second-order valence-electron chi connectivity index (χ2n) is 9.28. The summed E-state index contributed by atoms with van der Waals surface area (Å²) in [5, 5.41) is 43.1. The summed E-state index contributed by atoms with van der Waals surface area (Å²) < 4.78 is 66.1. The predicted octanol–water partition coefficient (Wildman–Crippen LogP) is 6.50. The smallest absolute Gasteiger partial charge is 0.573 e. The molecule has 0 bridgehead atoms. The van der Waals surface area contributed by atoms with Crippen LogP contribution in [-0.2, 0) is 37.3 Å². The van der Waals surface area contributed by atoms with E-state index in [4.69, 9.17) is 0 Å². The van der Waals surface area contributed by atoms with Gasteiger partial charge in [-0.1, -0.05) is 30.3 Å². The maximum absolute atomic E-state index is 11.8. The topological polar surface area (TPSA) is 254 Å². The molecule has 19 heteroatoms. The molecule has 0 radical (unpaired) electrons. The number of nitrogens with zero attached hydrogens (tertiary/aromatic N) is 6. The minimum Gasteiger partial charge on any atom is -0.573 e. The third-order valence-corrected chi connectivity index (χ3v) is 7.84. The number of azo groups is 2. The first kappa shape index (κ1) is 36.4. The van der Waals surface area contributed by atoms with E-state index < -0.39 is 47.4 Å². The fourth-order valence-electron chi connectivity index (χ4n) is 3.73. The van der Waals surface area contributed by atoms with Crippen LogP contribution < -0.4 is 5.32 Å². The van der Waals surface area contributed by atoms with Gasteiger partial charge in [0.25, 0.3) is 20.2 Å². The number of anilines is 1. The van der Waals surface area contributed by atoms with Gasteiger partial charge in [-0.05, 0) is 61.0 Å². The van der Waals surface area contributed by atoms with Gasteiger partial charge in [-0.2, -0.15) is 27.1 Å². The fourth-order valence-corrected chi connectivity index (χ4v) is 4.96. The third kappa shape index (κ3) is 9.26. The Morgan fingerprint density at radius 1 is 0.830 bits per heavy atom. The van der Waals surface area contributed by atoms with Crippen molar-refractivity contribution in [3.8, 4) is 5.75 Å². The Balaban J connectivity index is 0.00000600. The average Bonchev–Trinajstić information content (AvgIpc) is 3.00. The van der Waals surface area contributed by atoms with Gasteiger partial charge in [-0.15, -0.1) is 15.9 Å². The Morgan fingerprint density at radius 3 is 2.13 bits per heavy atom. The van der Waals surface area contributed by atoms with Crippen molar-refractivity contribution < 1.29 is 58.0 Å². The standard InChI is InChI=1S/C28H25N7O9S2.Cu/c1-16-7-8-17(13-23(16)32-30-19-11-9-18(29-2)10-12-19)27(34-31-22-6-4-3-5-21(22)28(37)38)35-33-24-14-20(45(39,40)41)15-25(26(24)36)46(42,43)44;/h3-15H,1-2H3,(H6,29,30,31,32,33,34,35,36,37,38,39,40,41,42,43,44);/q;+1/p-1. The molecule has 0 saturated heterocycles. The Kier molecular flexibility index (Phi) is 11.7. The molecule has 5 N–H and O–H groups in total. The number of phenolic OH excluding ortho intramolecular Hbond substituents is 1. The number of carbonyl (C=O) groups is 1. The Morgan fingerprint density at radius 2 is 1.51 bits per heavy atom. The number of hydrogen-bond acceptors (Lipinski definition) is 11. The SMILES string of the molecule is CNc1ccc(N=Nc2cc(/C(N=Nc3cc(S(=O)(=O)O)cc(S(=O)(=O)O)c3O)=N/[N-]c3ccccc3C(=O)O)ccc2C)cc1.[Cu+]. The molecular formula is C28H24CuN7O9S2. The van der Waals surface area contributed by atoms with Gasteiger partial charge in [0, 0.05) is 23.9 Å². The molecule has 16 nitrogen and oxygen atoms in total. The molecule has 0 fully saturated rings. The molecule has 248 valence electrons. The van der Waals surface area contributed by atoms with Gasteiger partial charge in [0.2, 0.25) is 0 Å². The summed E-state index contributed by atoms with van der Waals surface area (Å²) in [6, 6.07) is 18.3. The van der Waals surface area contributed by atoms with Crippen molar-refractivity contribution in [1.82, 2.24) is 0 Å². The van der Waals surface area contributed by atoms with Gasteiger partial charge < -0.3 is 26.1 Å². The number of carboxylic acids is 1. The molecular weight excluding hydrogens is 706 g/mol. The van der Waals surface area contributed by atoms with Crippen LogP contribution in [0.4, 0.5) is 28.4 Å². The number of aromatic carboxylic acids is 1. The van der Waals surface area contributed by atoms with Gasteiger partial charge >= 0.3 is 23.0 Å². The Hall–Kier alpha value is -5.04. The van der Waals surface area contributed by atoms with Crippen LogP contribution in [0.2, 0.25) is 0 Å². The van der Waals surface area contributed by atoms with Gasteiger partial charge in [-0.3, -0.25) is 9.11 Å². The predicted molar refractivity (Wildman–Crippen MR) is 167 cm³/mol. The monoisotopic (exact) mass is 729 g/mol. The van der Waals surface area contributed by atoms with E-state index in [1.807, 2.05) is 0 Å². The molecule has 0 aliphatic rings. The van der Waals surface area contributed by atoms with Crippen LogP contribution in [0, 0.1) is 6.92 Å². The zero-order chi connectivity index (χ0) is 33.6. The van der Waals surface area contributed by atoms with Crippen LogP contribution in [0.15, 0.2) is 114 Å². The van der Waals surface area contributed by atoms with E-state index in [-0.39, 0.29) is 39.7 Å². The van der Waals surface area contributed by atoms with E-state index in [9.17, 15) is 40.9 Å². The van der Waals surface area contributed by atoms with Crippen molar-refractivity contribution in [2.45, 2.75) is 16.7 Å². The molecule has 0 heterocycles. The van der Waals surface area contributed by atoms with Gasteiger partial charge in [0.15, 0.2) is 11.6 Å². The molecule has 0 saturated carbocycles. The molecule has 4 rings (SSSR count). The maximum Gasteiger partial charge on any atom is 1.00 e. The second kappa shape index (κ2) is 15.0. The summed E-state index contributed by atoms with van der Waals surface area (Å²) in [5.74, 6) is -2.81. The Labute approximate surface area is 279 Å². The number of nitrogens with one attached hydrogen (secondary N) is 1. The third-order valence-electron chi connectivity index (χ3n) is 6.14. The number of phenols is 1. The number of benzene rings is 4. The van der Waals surface area contributed by atoms with E-state index in [0.717, 1.165) is 5.69 Å². The minimum atomic E-state index is -5.19. The molecule has 0 unspecified atom stereocenters. The van der Waals surface area contributed by atoms with E-state index in [1.54, 1.807) is 44.3 Å². The summed E-state index contributed by atoms with van der Waals surface area (Å²) in [6.45, 7) is 1.75. The normalized spacial score (nSPS) is 12.2. The zero-order valence-electron chi connectivity index (χ0n) is 24.1. The van der Waals surface area contributed by atoms with Crippen LogP contribution in [0.1, 0.15) is 21.5 Å². The number of rotatable bonds is 10. The minimum absolute atomic E-state index is 0. The van der Waals surface area contributed by atoms with E-state index in [0.29, 0.717) is 29.1 Å². The van der Waals surface area contributed by atoms with E-state index in [1.165, 1.54) is 36.4 Å².